The molecule has 1 aromatic carbocycles. The highest BCUT2D eigenvalue weighted by molar-refractivity contribution is 7.91. The third-order valence-corrected chi connectivity index (χ3v) is 7.73. The summed E-state index contributed by atoms with van der Waals surface area (Å²) in [5.41, 5.74) is 0.724. The highest BCUT2D eigenvalue weighted by atomic mass is 32.2. The molecule has 1 aliphatic heterocycles. The van der Waals surface area contributed by atoms with E-state index >= 15 is 0 Å². The van der Waals surface area contributed by atoms with Gasteiger partial charge in [-0.2, -0.15) is 17.0 Å². The average Bonchev–Trinajstić information content (AvgIpc) is 2.58. The zero-order valence-corrected chi connectivity index (χ0v) is 13.8. The molecule has 0 radical (unpaired) electrons. The molecule has 1 unspecified atom stereocenters. The van der Waals surface area contributed by atoms with Crippen LogP contribution in [0.4, 0.5) is 0 Å². The van der Waals surface area contributed by atoms with Crippen LogP contribution in [0.15, 0.2) is 30.3 Å². The molecule has 1 aliphatic rings. The molecule has 0 bridgehead atoms. The lowest BCUT2D eigenvalue weighted by Gasteiger charge is -2.23. The summed E-state index contributed by atoms with van der Waals surface area (Å²) in [6, 6.07) is 8.97. The van der Waals surface area contributed by atoms with Crippen LogP contribution in [-0.2, 0) is 20.0 Å². The summed E-state index contributed by atoms with van der Waals surface area (Å²) in [4.78, 5) is 0. The van der Waals surface area contributed by atoms with Crippen molar-refractivity contribution in [1.29, 1.82) is 0 Å². The first-order valence-electron chi connectivity index (χ1n) is 6.69. The first-order chi connectivity index (χ1) is 9.75. The fraction of sp³-hybridized carbons (Fsp3) is 0.538. The van der Waals surface area contributed by atoms with E-state index in [-0.39, 0.29) is 25.3 Å². The molecule has 8 heteroatoms. The van der Waals surface area contributed by atoms with E-state index in [0.717, 1.165) is 9.87 Å². The highest BCUT2D eigenvalue weighted by Gasteiger charge is 2.35. The van der Waals surface area contributed by atoms with Crippen molar-refractivity contribution in [2.75, 3.05) is 32.9 Å². The normalized spacial score (nSPS) is 23.9. The van der Waals surface area contributed by atoms with E-state index in [1.165, 1.54) is 18.4 Å². The second-order valence-corrected chi connectivity index (χ2v) is 9.69. The maximum Gasteiger partial charge on any atom is 0.281 e. The molecule has 0 amide bonds. The first kappa shape index (κ1) is 16.4. The Kier molecular flexibility index (Phi) is 4.72. The average molecular weight is 332 g/mol. The van der Waals surface area contributed by atoms with Crippen LogP contribution in [0.2, 0.25) is 0 Å². The Balaban J connectivity index is 2.30. The molecule has 0 spiro atoms. The molecule has 1 fully saturated rings. The zero-order chi connectivity index (χ0) is 15.7. The predicted octanol–water partition coefficient (Wildman–Crippen LogP) is 0.655. The van der Waals surface area contributed by atoms with E-state index < -0.39 is 25.3 Å². The lowest BCUT2D eigenvalue weighted by atomic mass is 10.1. The minimum atomic E-state index is -3.58. The van der Waals surface area contributed by atoms with Gasteiger partial charge in [0.25, 0.3) is 10.2 Å². The maximum absolute atomic E-state index is 12.4. The first-order valence-corrected chi connectivity index (χ1v) is 9.80. The van der Waals surface area contributed by atoms with Crippen LogP contribution >= 0.6 is 0 Å². The van der Waals surface area contributed by atoms with Gasteiger partial charge >= 0.3 is 0 Å². The fourth-order valence-electron chi connectivity index (χ4n) is 2.43. The molecule has 0 aromatic heterocycles. The van der Waals surface area contributed by atoms with Crippen LogP contribution in [0.3, 0.4) is 0 Å². The largest absolute Gasteiger partial charge is 0.281 e. The number of hydrogen-bond acceptors (Lipinski definition) is 4. The number of benzene rings is 1. The summed E-state index contributed by atoms with van der Waals surface area (Å²) in [5, 5.41) is -0.638. The third-order valence-electron chi connectivity index (χ3n) is 3.66. The van der Waals surface area contributed by atoms with Crippen molar-refractivity contribution >= 4 is 20.0 Å². The quantitative estimate of drug-likeness (QED) is 0.815. The van der Waals surface area contributed by atoms with Crippen molar-refractivity contribution in [2.45, 2.75) is 11.7 Å². The van der Waals surface area contributed by atoms with Crippen molar-refractivity contribution < 1.29 is 16.8 Å². The summed E-state index contributed by atoms with van der Waals surface area (Å²) in [6.45, 7) is 0.214. The minimum Gasteiger partial charge on any atom is -0.228 e. The van der Waals surface area contributed by atoms with Gasteiger partial charge in [-0.1, -0.05) is 30.3 Å². The standard InChI is InChI=1S/C13H20N2O4S2/c1-14(2)21(18,19)15-9-8-13(20(16,17)11-10-15)12-6-4-3-5-7-12/h3-7,13H,8-11H2,1-2H3. The molecule has 1 atom stereocenters. The lowest BCUT2D eigenvalue weighted by molar-refractivity contribution is 0.387. The molecule has 1 aromatic rings. The van der Waals surface area contributed by atoms with Crippen molar-refractivity contribution in [2.24, 2.45) is 0 Å². The molecule has 2 rings (SSSR count). The van der Waals surface area contributed by atoms with Gasteiger partial charge in [-0.25, -0.2) is 8.42 Å². The minimum absolute atomic E-state index is 0.00613. The van der Waals surface area contributed by atoms with Crippen LogP contribution in [0.5, 0.6) is 0 Å². The molecule has 118 valence electrons. The summed E-state index contributed by atoms with van der Waals surface area (Å²) in [6.07, 6.45) is 0.277. The van der Waals surface area contributed by atoms with E-state index in [2.05, 4.69) is 0 Å². The molecule has 0 aliphatic carbocycles. The van der Waals surface area contributed by atoms with Gasteiger partial charge in [-0.05, 0) is 12.0 Å². The molecular weight excluding hydrogens is 312 g/mol. The van der Waals surface area contributed by atoms with E-state index in [4.69, 9.17) is 0 Å². The number of nitrogens with zero attached hydrogens (tertiary/aromatic N) is 2. The summed E-state index contributed by atoms with van der Waals surface area (Å²) in [7, 11) is -4.04. The van der Waals surface area contributed by atoms with Gasteiger partial charge in [0, 0.05) is 27.2 Å². The maximum atomic E-state index is 12.4. The number of hydrogen-bond donors (Lipinski definition) is 0. The number of sulfone groups is 1. The fourth-order valence-corrected chi connectivity index (χ4v) is 5.46. The van der Waals surface area contributed by atoms with Crippen molar-refractivity contribution in [3.05, 3.63) is 35.9 Å². The number of rotatable bonds is 3. The van der Waals surface area contributed by atoms with Crippen LogP contribution < -0.4 is 0 Å². The Bertz CT molecular complexity index is 684. The van der Waals surface area contributed by atoms with Crippen LogP contribution in [0.25, 0.3) is 0 Å². The third kappa shape index (κ3) is 3.45. The molecule has 1 heterocycles. The van der Waals surface area contributed by atoms with Crippen LogP contribution in [0, 0.1) is 0 Å². The monoisotopic (exact) mass is 332 g/mol. The molecule has 0 saturated carbocycles. The Morgan fingerprint density at radius 2 is 1.76 bits per heavy atom. The van der Waals surface area contributed by atoms with Gasteiger partial charge in [-0.15, -0.1) is 0 Å². The van der Waals surface area contributed by atoms with E-state index in [0.29, 0.717) is 0 Å². The summed E-state index contributed by atoms with van der Waals surface area (Å²) < 4.78 is 51.5. The smallest absolute Gasteiger partial charge is 0.228 e. The van der Waals surface area contributed by atoms with Gasteiger partial charge < -0.3 is 0 Å². The molecular formula is C13H20N2O4S2. The predicted molar refractivity (Wildman–Crippen MR) is 81.8 cm³/mol. The Morgan fingerprint density at radius 3 is 2.33 bits per heavy atom. The molecule has 21 heavy (non-hydrogen) atoms. The van der Waals surface area contributed by atoms with E-state index in [1.807, 2.05) is 6.07 Å². The zero-order valence-electron chi connectivity index (χ0n) is 12.1. The van der Waals surface area contributed by atoms with Crippen LogP contribution in [0.1, 0.15) is 17.2 Å². The van der Waals surface area contributed by atoms with Crippen molar-refractivity contribution in [3.63, 3.8) is 0 Å². The van der Waals surface area contributed by atoms with Gasteiger partial charge in [0.15, 0.2) is 9.84 Å². The SMILES string of the molecule is CN(C)S(=O)(=O)N1CCC(c2ccccc2)S(=O)(=O)CC1. The van der Waals surface area contributed by atoms with Gasteiger partial charge in [0.05, 0.1) is 11.0 Å². The van der Waals surface area contributed by atoms with Gasteiger partial charge in [0.2, 0.25) is 0 Å². The topological polar surface area (TPSA) is 74.8 Å². The Morgan fingerprint density at radius 1 is 1.14 bits per heavy atom. The Hall–Kier alpha value is -0.960. The highest BCUT2D eigenvalue weighted by Crippen LogP contribution is 2.30. The second-order valence-electron chi connectivity index (χ2n) is 5.24. The lowest BCUT2D eigenvalue weighted by Crippen LogP contribution is -2.41. The molecule has 0 N–H and O–H groups in total. The van der Waals surface area contributed by atoms with E-state index in [9.17, 15) is 16.8 Å². The molecule has 6 nitrogen and oxygen atoms in total. The second kappa shape index (κ2) is 6.04. The molecule has 1 saturated heterocycles. The van der Waals surface area contributed by atoms with Gasteiger partial charge in [-0.3, -0.25) is 0 Å². The summed E-state index contributed by atoms with van der Waals surface area (Å²) in [5.74, 6) is -0.153. The summed E-state index contributed by atoms with van der Waals surface area (Å²) >= 11 is 0. The van der Waals surface area contributed by atoms with Crippen molar-refractivity contribution in [3.8, 4) is 0 Å². The van der Waals surface area contributed by atoms with Gasteiger partial charge in [0.1, 0.15) is 0 Å². The van der Waals surface area contributed by atoms with Crippen LogP contribution in [-0.4, -0.2) is 58.4 Å². The Labute approximate surface area is 126 Å². The van der Waals surface area contributed by atoms with E-state index in [1.54, 1.807) is 24.3 Å². The van der Waals surface area contributed by atoms with Crippen molar-refractivity contribution in [1.82, 2.24) is 8.61 Å².